The van der Waals surface area contributed by atoms with Crippen molar-refractivity contribution < 1.29 is 10.0 Å². The lowest BCUT2D eigenvalue weighted by atomic mass is 10.1. The fourth-order valence-electron chi connectivity index (χ4n) is 1.96. The number of carbonyl (C=O) groups is 1. The Morgan fingerprint density at radius 1 is 1.60 bits per heavy atom. The lowest BCUT2D eigenvalue weighted by molar-refractivity contribution is -0.131. The fraction of sp³-hybridized carbons (Fsp3) is 0.571. The minimum Gasteiger partial charge on any atom is -0.409 e. The van der Waals surface area contributed by atoms with Gasteiger partial charge in [0.15, 0.2) is 0 Å². The van der Waals surface area contributed by atoms with Crippen LogP contribution in [-0.4, -0.2) is 34.9 Å². The molecule has 0 saturated heterocycles. The first-order valence-corrected chi connectivity index (χ1v) is 7.74. The summed E-state index contributed by atoms with van der Waals surface area (Å²) in [6.45, 7) is 4.91. The van der Waals surface area contributed by atoms with Crippen molar-refractivity contribution in [3.63, 3.8) is 0 Å². The van der Waals surface area contributed by atoms with Crippen molar-refractivity contribution in [1.29, 1.82) is 0 Å². The Labute approximate surface area is 124 Å². The van der Waals surface area contributed by atoms with Gasteiger partial charge in [-0.15, -0.1) is 11.3 Å². The van der Waals surface area contributed by atoms with Crippen molar-refractivity contribution >= 4 is 23.1 Å². The van der Waals surface area contributed by atoms with Gasteiger partial charge in [0.1, 0.15) is 5.84 Å². The zero-order valence-electron chi connectivity index (χ0n) is 12.1. The van der Waals surface area contributed by atoms with E-state index in [1.54, 1.807) is 16.2 Å². The molecule has 5 nitrogen and oxygen atoms in total. The van der Waals surface area contributed by atoms with E-state index in [4.69, 9.17) is 10.9 Å². The molecule has 0 bridgehead atoms. The zero-order valence-corrected chi connectivity index (χ0v) is 12.9. The highest BCUT2D eigenvalue weighted by atomic mass is 32.1. The van der Waals surface area contributed by atoms with E-state index < -0.39 is 0 Å². The van der Waals surface area contributed by atoms with Crippen LogP contribution in [0.3, 0.4) is 0 Å². The molecule has 0 aliphatic carbocycles. The topological polar surface area (TPSA) is 78.9 Å². The first kappa shape index (κ1) is 16.5. The number of rotatable bonds is 8. The SMILES string of the molecule is CCN(CC(C)C(N)=NO)C(=O)CCCc1cccs1. The van der Waals surface area contributed by atoms with Crippen LogP contribution in [0.2, 0.25) is 0 Å². The summed E-state index contributed by atoms with van der Waals surface area (Å²) in [5, 5.41) is 13.7. The lowest BCUT2D eigenvalue weighted by Crippen LogP contribution is -2.38. The standard InChI is InChI=1S/C14H23N3O2S/c1-3-17(10-11(2)14(15)16-19)13(18)8-4-6-12-7-5-9-20-12/h5,7,9,11,19H,3-4,6,8,10H2,1-2H3,(H2,15,16). The summed E-state index contributed by atoms with van der Waals surface area (Å²) >= 11 is 1.72. The first-order chi connectivity index (χ1) is 9.58. The van der Waals surface area contributed by atoms with Gasteiger partial charge < -0.3 is 15.8 Å². The predicted molar refractivity (Wildman–Crippen MR) is 82.1 cm³/mol. The molecule has 0 fully saturated rings. The van der Waals surface area contributed by atoms with Gasteiger partial charge in [0.2, 0.25) is 5.91 Å². The maximum atomic E-state index is 12.1. The van der Waals surface area contributed by atoms with Gasteiger partial charge in [-0.05, 0) is 31.2 Å². The van der Waals surface area contributed by atoms with E-state index in [1.807, 2.05) is 25.3 Å². The second-order valence-corrected chi connectivity index (χ2v) is 5.82. The van der Waals surface area contributed by atoms with Gasteiger partial charge in [0.05, 0.1) is 0 Å². The van der Waals surface area contributed by atoms with Crippen LogP contribution in [0, 0.1) is 5.92 Å². The average molecular weight is 297 g/mol. The third-order valence-corrected chi connectivity index (χ3v) is 4.18. The van der Waals surface area contributed by atoms with Crippen LogP contribution in [0.4, 0.5) is 0 Å². The van der Waals surface area contributed by atoms with E-state index in [9.17, 15) is 4.79 Å². The Bertz CT molecular complexity index is 432. The number of amidine groups is 1. The number of nitrogens with two attached hydrogens (primary N) is 1. The van der Waals surface area contributed by atoms with E-state index in [2.05, 4.69) is 11.2 Å². The molecule has 1 unspecified atom stereocenters. The Kier molecular flexibility index (Phi) is 7.08. The molecule has 1 heterocycles. The van der Waals surface area contributed by atoms with Crippen molar-refractivity contribution in [2.45, 2.75) is 33.1 Å². The number of thiophene rings is 1. The summed E-state index contributed by atoms with van der Waals surface area (Å²) in [7, 11) is 0. The van der Waals surface area contributed by atoms with Crippen molar-refractivity contribution in [3.8, 4) is 0 Å². The lowest BCUT2D eigenvalue weighted by Gasteiger charge is -2.24. The van der Waals surface area contributed by atoms with Crippen LogP contribution in [0.15, 0.2) is 22.7 Å². The fourth-order valence-corrected chi connectivity index (χ4v) is 2.71. The first-order valence-electron chi connectivity index (χ1n) is 6.86. The van der Waals surface area contributed by atoms with E-state index >= 15 is 0 Å². The predicted octanol–water partition coefficient (Wildman–Crippen LogP) is 2.30. The highest BCUT2D eigenvalue weighted by Gasteiger charge is 2.17. The van der Waals surface area contributed by atoms with Gasteiger partial charge in [-0.1, -0.05) is 18.1 Å². The average Bonchev–Trinajstić information content (AvgIpc) is 2.96. The van der Waals surface area contributed by atoms with Crippen molar-refractivity contribution in [1.82, 2.24) is 4.90 Å². The molecule has 0 saturated carbocycles. The normalized spacial score (nSPS) is 13.2. The molecule has 1 atom stereocenters. The van der Waals surface area contributed by atoms with Crippen LogP contribution in [-0.2, 0) is 11.2 Å². The minimum atomic E-state index is -0.138. The van der Waals surface area contributed by atoms with Crippen LogP contribution in [0.25, 0.3) is 0 Å². The molecule has 1 aromatic rings. The highest BCUT2D eigenvalue weighted by Crippen LogP contribution is 2.13. The zero-order chi connectivity index (χ0) is 15.0. The van der Waals surface area contributed by atoms with E-state index in [1.165, 1.54) is 4.88 Å². The van der Waals surface area contributed by atoms with Gasteiger partial charge in [0, 0.05) is 30.3 Å². The monoisotopic (exact) mass is 297 g/mol. The molecule has 0 radical (unpaired) electrons. The Morgan fingerprint density at radius 3 is 2.90 bits per heavy atom. The number of oxime groups is 1. The maximum Gasteiger partial charge on any atom is 0.222 e. The summed E-state index contributed by atoms with van der Waals surface area (Å²) in [6, 6.07) is 4.12. The Hall–Kier alpha value is -1.56. The van der Waals surface area contributed by atoms with Crippen LogP contribution < -0.4 is 5.73 Å². The van der Waals surface area contributed by atoms with Gasteiger partial charge in [-0.3, -0.25) is 4.79 Å². The molecule has 0 spiro atoms. The summed E-state index contributed by atoms with van der Waals surface area (Å²) < 4.78 is 0. The third kappa shape index (κ3) is 5.21. The quantitative estimate of drug-likeness (QED) is 0.334. The van der Waals surface area contributed by atoms with Crippen molar-refractivity contribution in [2.75, 3.05) is 13.1 Å². The molecule has 3 N–H and O–H groups in total. The number of carbonyl (C=O) groups excluding carboxylic acids is 1. The van der Waals surface area contributed by atoms with Crippen molar-refractivity contribution in [2.24, 2.45) is 16.8 Å². The number of amides is 1. The molecule has 6 heteroatoms. The molecule has 1 aromatic heterocycles. The molecular weight excluding hydrogens is 274 g/mol. The van der Waals surface area contributed by atoms with E-state index in [-0.39, 0.29) is 17.7 Å². The molecule has 1 amide bonds. The van der Waals surface area contributed by atoms with Gasteiger partial charge in [-0.2, -0.15) is 0 Å². The van der Waals surface area contributed by atoms with Crippen LogP contribution in [0.1, 0.15) is 31.6 Å². The molecule has 20 heavy (non-hydrogen) atoms. The molecule has 0 aliphatic heterocycles. The van der Waals surface area contributed by atoms with Crippen molar-refractivity contribution in [3.05, 3.63) is 22.4 Å². The van der Waals surface area contributed by atoms with Crippen LogP contribution in [0.5, 0.6) is 0 Å². The maximum absolute atomic E-state index is 12.1. The third-order valence-electron chi connectivity index (χ3n) is 3.24. The number of nitrogens with zero attached hydrogens (tertiary/aromatic N) is 2. The molecule has 1 rings (SSSR count). The van der Waals surface area contributed by atoms with E-state index in [0.29, 0.717) is 19.5 Å². The number of hydrogen-bond donors (Lipinski definition) is 2. The van der Waals surface area contributed by atoms with E-state index in [0.717, 1.165) is 12.8 Å². The second-order valence-electron chi connectivity index (χ2n) is 4.79. The Balaban J connectivity index is 2.38. The summed E-state index contributed by atoms with van der Waals surface area (Å²) in [6.07, 6.45) is 2.33. The summed E-state index contributed by atoms with van der Waals surface area (Å²) in [5.74, 6) is 0.151. The number of hydrogen-bond acceptors (Lipinski definition) is 4. The van der Waals surface area contributed by atoms with Gasteiger partial charge in [0.25, 0.3) is 0 Å². The Morgan fingerprint density at radius 2 is 2.35 bits per heavy atom. The van der Waals surface area contributed by atoms with Gasteiger partial charge in [-0.25, -0.2) is 0 Å². The second kappa shape index (κ2) is 8.58. The molecular formula is C14H23N3O2S. The molecule has 112 valence electrons. The molecule has 0 aromatic carbocycles. The molecule has 0 aliphatic rings. The smallest absolute Gasteiger partial charge is 0.222 e. The summed E-state index contributed by atoms with van der Waals surface area (Å²) in [4.78, 5) is 15.2. The highest BCUT2D eigenvalue weighted by molar-refractivity contribution is 7.09. The minimum absolute atomic E-state index is 0.127. The van der Waals surface area contributed by atoms with Gasteiger partial charge >= 0.3 is 0 Å². The number of aryl methyl sites for hydroxylation is 1. The van der Waals surface area contributed by atoms with Crippen LogP contribution >= 0.6 is 11.3 Å². The largest absolute Gasteiger partial charge is 0.409 e. The summed E-state index contributed by atoms with van der Waals surface area (Å²) in [5.41, 5.74) is 5.55.